The normalized spacial score (nSPS) is 13.5. The van der Waals surface area contributed by atoms with E-state index in [1.54, 1.807) is 35.2 Å². The van der Waals surface area contributed by atoms with Gasteiger partial charge in [0.05, 0.1) is 23.8 Å². The highest BCUT2D eigenvalue weighted by molar-refractivity contribution is 6.32. The molecule has 1 aliphatic rings. The van der Waals surface area contributed by atoms with E-state index < -0.39 is 0 Å². The summed E-state index contributed by atoms with van der Waals surface area (Å²) in [6.45, 7) is 2.55. The Morgan fingerprint density at radius 3 is 2.41 bits per heavy atom. The molecule has 7 nitrogen and oxygen atoms in total. The standard InChI is InChI=1S/C29H25ClN4O3/c1-36-27-17-21(16-26(30)28(27)37-20-23-8-6-5-7-22(23)18-31)15-24(19-32)29(35)34-13-11-33(12-14-34)25-9-3-2-4-10-25/h2-10,15-17H,11-14,20H2,1H3/b24-15-. The molecule has 1 fully saturated rings. The number of carbonyl (C=O) groups excluding carboxylic acids is 1. The van der Waals surface area contributed by atoms with Crippen LogP contribution in [0.1, 0.15) is 16.7 Å². The van der Waals surface area contributed by atoms with Gasteiger partial charge < -0.3 is 19.3 Å². The predicted molar refractivity (Wildman–Crippen MR) is 142 cm³/mol. The first-order valence-corrected chi connectivity index (χ1v) is 12.1. The number of carbonyl (C=O) groups is 1. The zero-order valence-electron chi connectivity index (χ0n) is 20.4. The lowest BCUT2D eigenvalue weighted by Gasteiger charge is -2.36. The van der Waals surface area contributed by atoms with E-state index in [9.17, 15) is 15.3 Å². The molecule has 1 aliphatic heterocycles. The second-order valence-electron chi connectivity index (χ2n) is 8.38. The van der Waals surface area contributed by atoms with Crippen LogP contribution in [0.3, 0.4) is 0 Å². The summed E-state index contributed by atoms with van der Waals surface area (Å²) in [5.74, 6) is 0.351. The number of anilines is 1. The molecule has 0 aliphatic carbocycles. The number of piperazine rings is 1. The number of nitriles is 2. The van der Waals surface area contributed by atoms with Crippen molar-refractivity contribution in [2.75, 3.05) is 38.2 Å². The minimum absolute atomic E-state index is 0.0166. The highest BCUT2D eigenvalue weighted by Crippen LogP contribution is 2.37. The van der Waals surface area contributed by atoms with E-state index in [4.69, 9.17) is 21.1 Å². The monoisotopic (exact) mass is 512 g/mol. The fourth-order valence-corrected chi connectivity index (χ4v) is 4.43. The second-order valence-corrected chi connectivity index (χ2v) is 8.78. The van der Waals surface area contributed by atoms with Gasteiger partial charge >= 0.3 is 0 Å². The van der Waals surface area contributed by atoms with Crippen molar-refractivity contribution in [2.45, 2.75) is 6.61 Å². The van der Waals surface area contributed by atoms with Crippen molar-refractivity contribution >= 4 is 29.3 Å². The smallest absolute Gasteiger partial charge is 0.264 e. The number of nitrogens with zero attached hydrogens (tertiary/aromatic N) is 4. The first-order valence-electron chi connectivity index (χ1n) is 11.7. The Kier molecular flexibility index (Phi) is 8.30. The molecule has 0 saturated carbocycles. The summed E-state index contributed by atoms with van der Waals surface area (Å²) in [5, 5.41) is 19.3. The third-order valence-electron chi connectivity index (χ3n) is 6.11. The molecule has 0 radical (unpaired) electrons. The van der Waals surface area contributed by atoms with Gasteiger partial charge in [0.25, 0.3) is 5.91 Å². The number of rotatable bonds is 7. The lowest BCUT2D eigenvalue weighted by molar-refractivity contribution is -0.126. The van der Waals surface area contributed by atoms with Crippen molar-refractivity contribution in [1.29, 1.82) is 10.5 Å². The Hall–Kier alpha value is -4.46. The fraction of sp³-hybridized carbons (Fsp3) is 0.207. The summed E-state index contributed by atoms with van der Waals surface area (Å²) in [5.41, 5.74) is 2.91. The van der Waals surface area contributed by atoms with Gasteiger partial charge in [0.15, 0.2) is 11.5 Å². The van der Waals surface area contributed by atoms with E-state index in [1.807, 2.05) is 42.5 Å². The van der Waals surface area contributed by atoms with Crippen molar-refractivity contribution in [3.63, 3.8) is 0 Å². The molecule has 37 heavy (non-hydrogen) atoms. The van der Waals surface area contributed by atoms with Gasteiger partial charge in [-0.05, 0) is 42.0 Å². The summed E-state index contributed by atoms with van der Waals surface area (Å²) in [6, 6.07) is 24.6. The quantitative estimate of drug-likeness (QED) is 0.325. The van der Waals surface area contributed by atoms with Gasteiger partial charge in [-0.1, -0.05) is 48.0 Å². The molecule has 1 heterocycles. The number of methoxy groups -OCH3 is 1. The summed E-state index contributed by atoms with van der Waals surface area (Å²) >= 11 is 6.50. The maximum atomic E-state index is 13.1. The molecule has 4 rings (SSSR count). The van der Waals surface area contributed by atoms with Gasteiger partial charge in [-0.2, -0.15) is 10.5 Å². The molecular formula is C29H25ClN4O3. The van der Waals surface area contributed by atoms with Crippen molar-refractivity contribution in [2.24, 2.45) is 0 Å². The molecule has 1 amide bonds. The summed E-state index contributed by atoms with van der Waals surface area (Å²) in [6.07, 6.45) is 1.51. The molecule has 8 heteroatoms. The van der Waals surface area contributed by atoms with Gasteiger partial charge in [-0.15, -0.1) is 0 Å². The summed E-state index contributed by atoms with van der Waals surface area (Å²) in [7, 11) is 1.48. The van der Waals surface area contributed by atoms with Crippen LogP contribution < -0.4 is 14.4 Å². The fourth-order valence-electron chi connectivity index (χ4n) is 4.15. The largest absolute Gasteiger partial charge is 0.493 e. The van der Waals surface area contributed by atoms with Crippen LogP contribution in [-0.4, -0.2) is 44.1 Å². The molecule has 186 valence electrons. The van der Waals surface area contributed by atoms with E-state index in [2.05, 4.69) is 11.0 Å². The van der Waals surface area contributed by atoms with Crippen LogP contribution in [0.25, 0.3) is 6.08 Å². The lowest BCUT2D eigenvalue weighted by atomic mass is 10.1. The predicted octanol–water partition coefficient (Wildman–Crippen LogP) is 5.06. The third-order valence-corrected chi connectivity index (χ3v) is 6.39. The molecule has 0 aromatic heterocycles. The Bertz CT molecular complexity index is 1380. The van der Waals surface area contributed by atoms with E-state index in [-0.39, 0.29) is 23.1 Å². The number of hydrogen-bond donors (Lipinski definition) is 0. The van der Waals surface area contributed by atoms with E-state index >= 15 is 0 Å². The number of para-hydroxylation sites is 1. The maximum Gasteiger partial charge on any atom is 0.264 e. The van der Waals surface area contributed by atoms with Gasteiger partial charge in [0.2, 0.25) is 0 Å². The zero-order valence-corrected chi connectivity index (χ0v) is 21.1. The molecule has 1 saturated heterocycles. The van der Waals surface area contributed by atoms with Crippen LogP contribution in [0, 0.1) is 22.7 Å². The van der Waals surface area contributed by atoms with E-state index in [0.29, 0.717) is 48.8 Å². The Balaban J connectivity index is 1.48. The van der Waals surface area contributed by atoms with Crippen molar-refractivity contribution < 1.29 is 14.3 Å². The average Bonchev–Trinajstić information content (AvgIpc) is 2.95. The van der Waals surface area contributed by atoms with E-state index in [0.717, 1.165) is 11.3 Å². The van der Waals surface area contributed by atoms with Gasteiger partial charge in [-0.3, -0.25) is 4.79 Å². The minimum Gasteiger partial charge on any atom is -0.493 e. The molecule has 0 atom stereocenters. The minimum atomic E-state index is -0.321. The topological polar surface area (TPSA) is 89.6 Å². The number of ether oxygens (including phenoxy) is 2. The number of hydrogen-bond acceptors (Lipinski definition) is 6. The number of halogens is 1. The maximum absolute atomic E-state index is 13.1. The van der Waals surface area contributed by atoms with Crippen LogP contribution in [-0.2, 0) is 11.4 Å². The van der Waals surface area contributed by atoms with Crippen molar-refractivity contribution in [1.82, 2.24) is 4.90 Å². The molecule has 0 unspecified atom stereocenters. The Morgan fingerprint density at radius 1 is 1.03 bits per heavy atom. The Morgan fingerprint density at radius 2 is 1.73 bits per heavy atom. The lowest BCUT2D eigenvalue weighted by Crippen LogP contribution is -2.49. The van der Waals surface area contributed by atoms with Gasteiger partial charge in [0.1, 0.15) is 18.2 Å². The van der Waals surface area contributed by atoms with Crippen molar-refractivity contribution in [3.05, 3.63) is 94.0 Å². The zero-order chi connectivity index (χ0) is 26.2. The highest BCUT2D eigenvalue weighted by atomic mass is 35.5. The van der Waals surface area contributed by atoms with Crippen LogP contribution >= 0.6 is 11.6 Å². The molecular weight excluding hydrogens is 488 g/mol. The van der Waals surface area contributed by atoms with Crippen LogP contribution in [0.5, 0.6) is 11.5 Å². The average molecular weight is 513 g/mol. The molecule has 3 aromatic carbocycles. The number of amides is 1. The SMILES string of the molecule is COc1cc(/C=C(/C#N)C(=O)N2CCN(c3ccccc3)CC2)cc(Cl)c1OCc1ccccc1C#N. The summed E-state index contributed by atoms with van der Waals surface area (Å²) in [4.78, 5) is 17.0. The Labute approximate surface area is 221 Å². The second kappa shape index (κ2) is 12.0. The first-order chi connectivity index (χ1) is 18.0. The molecule has 3 aromatic rings. The molecule has 0 spiro atoms. The van der Waals surface area contributed by atoms with Crippen LogP contribution in [0.15, 0.2) is 72.3 Å². The molecule has 0 bridgehead atoms. The van der Waals surface area contributed by atoms with Gasteiger partial charge in [0, 0.05) is 37.4 Å². The van der Waals surface area contributed by atoms with Crippen molar-refractivity contribution in [3.8, 4) is 23.6 Å². The van der Waals surface area contributed by atoms with Crippen LogP contribution in [0.2, 0.25) is 5.02 Å². The molecule has 0 N–H and O–H groups in total. The van der Waals surface area contributed by atoms with Crippen LogP contribution in [0.4, 0.5) is 5.69 Å². The number of benzene rings is 3. The summed E-state index contributed by atoms with van der Waals surface area (Å²) < 4.78 is 11.4. The van der Waals surface area contributed by atoms with E-state index in [1.165, 1.54) is 13.2 Å². The first kappa shape index (κ1) is 25.6. The highest BCUT2D eigenvalue weighted by Gasteiger charge is 2.24. The third kappa shape index (κ3) is 6.03. The van der Waals surface area contributed by atoms with Gasteiger partial charge in [-0.25, -0.2) is 0 Å².